The number of hydrogen-bond donors (Lipinski definition) is 2. The molecule has 1 saturated heterocycles. The van der Waals surface area contributed by atoms with Crippen LogP contribution in [0, 0.1) is 5.92 Å². The van der Waals surface area contributed by atoms with Crippen molar-refractivity contribution in [1.82, 2.24) is 10.2 Å². The molecular weight excluding hydrogens is 212 g/mol. The van der Waals surface area contributed by atoms with E-state index in [4.69, 9.17) is 5.73 Å². The van der Waals surface area contributed by atoms with Crippen molar-refractivity contribution in [2.45, 2.75) is 51.6 Å². The number of guanidine groups is 1. The van der Waals surface area contributed by atoms with Crippen molar-refractivity contribution in [1.29, 1.82) is 0 Å². The minimum absolute atomic E-state index is 0.00328. The molecule has 1 unspecified atom stereocenters. The number of nitrogens with one attached hydrogen (secondary N) is 1. The molecule has 1 aliphatic heterocycles. The van der Waals surface area contributed by atoms with Gasteiger partial charge in [0.15, 0.2) is 5.96 Å². The summed E-state index contributed by atoms with van der Waals surface area (Å²) in [5, 5.41) is 3.20. The van der Waals surface area contributed by atoms with Gasteiger partial charge in [-0.1, -0.05) is 0 Å². The Hall–Kier alpha value is -0.770. The molecule has 4 heteroatoms. The normalized spacial score (nSPS) is 27.5. The Morgan fingerprint density at radius 3 is 2.65 bits per heavy atom. The summed E-state index contributed by atoms with van der Waals surface area (Å²) in [6.07, 6.45) is 4.09. The van der Waals surface area contributed by atoms with E-state index in [1.54, 1.807) is 0 Å². The van der Waals surface area contributed by atoms with Crippen molar-refractivity contribution in [3.63, 3.8) is 0 Å². The molecule has 2 rings (SSSR count). The van der Waals surface area contributed by atoms with Gasteiger partial charge in [-0.3, -0.25) is 4.99 Å². The summed E-state index contributed by atoms with van der Waals surface area (Å²) in [4.78, 5) is 7.08. The summed E-state index contributed by atoms with van der Waals surface area (Å²) >= 11 is 0. The van der Waals surface area contributed by atoms with Crippen LogP contribution < -0.4 is 11.1 Å². The van der Waals surface area contributed by atoms with Gasteiger partial charge in [0.25, 0.3) is 0 Å². The third-order valence-electron chi connectivity index (χ3n) is 3.40. The Balaban J connectivity index is 1.72. The lowest BCUT2D eigenvalue weighted by molar-refractivity contribution is 0.315. The number of aliphatic imine (C=N–C) groups is 1. The van der Waals surface area contributed by atoms with E-state index in [2.05, 4.69) is 36.0 Å². The number of nitrogens with two attached hydrogens (primary N) is 1. The fourth-order valence-electron chi connectivity index (χ4n) is 2.43. The van der Waals surface area contributed by atoms with E-state index >= 15 is 0 Å². The van der Waals surface area contributed by atoms with Crippen LogP contribution in [-0.2, 0) is 0 Å². The lowest BCUT2D eigenvalue weighted by Crippen LogP contribution is -2.45. The molecule has 0 spiro atoms. The van der Waals surface area contributed by atoms with E-state index in [1.165, 1.54) is 32.4 Å². The van der Waals surface area contributed by atoms with Gasteiger partial charge in [-0.15, -0.1) is 0 Å². The van der Waals surface area contributed by atoms with Crippen molar-refractivity contribution >= 4 is 5.96 Å². The molecule has 0 aromatic carbocycles. The number of nitrogens with zero attached hydrogens (tertiary/aromatic N) is 2. The van der Waals surface area contributed by atoms with Gasteiger partial charge in [0, 0.05) is 24.7 Å². The lowest BCUT2D eigenvalue weighted by Gasteiger charge is -2.21. The quantitative estimate of drug-likeness (QED) is 0.573. The highest BCUT2D eigenvalue weighted by atomic mass is 15.2. The van der Waals surface area contributed by atoms with Crippen molar-refractivity contribution in [2.75, 3.05) is 19.6 Å². The molecule has 2 fully saturated rings. The topological polar surface area (TPSA) is 53.6 Å². The summed E-state index contributed by atoms with van der Waals surface area (Å²) in [5.41, 5.74) is 5.87. The first-order valence-electron chi connectivity index (χ1n) is 6.76. The summed E-state index contributed by atoms with van der Waals surface area (Å²) < 4.78 is 0. The molecule has 0 amide bonds. The minimum atomic E-state index is 0.00328. The van der Waals surface area contributed by atoms with Gasteiger partial charge in [0.2, 0.25) is 0 Å². The van der Waals surface area contributed by atoms with E-state index in [1.807, 2.05) is 0 Å². The Bertz CT molecular complexity index is 288. The van der Waals surface area contributed by atoms with Crippen LogP contribution in [0.1, 0.15) is 40.0 Å². The van der Waals surface area contributed by atoms with Crippen molar-refractivity contribution in [3.8, 4) is 0 Å². The van der Waals surface area contributed by atoms with Crippen molar-refractivity contribution in [2.24, 2.45) is 16.6 Å². The molecule has 1 aliphatic carbocycles. The van der Waals surface area contributed by atoms with Gasteiger partial charge in [0.1, 0.15) is 0 Å². The second-order valence-electron chi connectivity index (χ2n) is 6.48. The maximum atomic E-state index is 5.87. The predicted octanol–water partition coefficient (Wildman–Crippen LogP) is 1.17. The van der Waals surface area contributed by atoms with E-state index in [9.17, 15) is 0 Å². The maximum absolute atomic E-state index is 5.87. The molecule has 0 aromatic heterocycles. The highest BCUT2D eigenvalue weighted by molar-refractivity contribution is 5.78. The molecule has 3 N–H and O–H groups in total. The molecule has 4 nitrogen and oxygen atoms in total. The van der Waals surface area contributed by atoms with Crippen LogP contribution in [0.3, 0.4) is 0 Å². The van der Waals surface area contributed by atoms with Crippen LogP contribution >= 0.6 is 0 Å². The Morgan fingerprint density at radius 2 is 2.06 bits per heavy atom. The van der Waals surface area contributed by atoms with Crippen molar-refractivity contribution < 1.29 is 0 Å². The van der Waals surface area contributed by atoms with Crippen LogP contribution in [0.4, 0.5) is 0 Å². The molecule has 0 radical (unpaired) electrons. The zero-order chi connectivity index (χ0) is 12.5. The van der Waals surface area contributed by atoms with Gasteiger partial charge >= 0.3 is 0 Å². The van der Waals surface area contributed by atoms with E-state index < -0.39 is 0 Å². The molecule has 1 saturated carbocycles. The first-order valence-corrected chi connectivity index (χ1v) is 6.76. The molecule has 1 atom stereocenters. The first-order chi connectivity index (χ1) is 7.94. The summed E-state index contributed by atoms with van der Waals surface area (Å²) in [5.74, 6) is 1.29. The summed E-state index contributed by atoms with van der Waals surface area (Å²) in [6, 6.07) is 0.897. The zero-order valence-electron chi connectivity index (χ0n) is 11.4. The van der Waals surface area contributed by atoms with Crippen molar-refractivity contribution in [3.05, 3.63) is 0 Å². The maximum Gasteiger partial charge on any atom is 0.188 e. The molecule has 2 aliphatic rings. The standard InChI is InChI=1S/C13H26N4/c1-13(2,3)16-12(14)15-8-10-6-7-17(9-10)11-4-5-11/h10-11H,4-9H2,1-3H3,(H3,14,15,16). The Morgan fingerprint density at radius 1 is 1.35 bits per heavy atom. The number of rotatable bonds is 3. The molecule has 17 heavy (non-hydrogen) atoms. The van der Waals surface area contributed by atoms with Gasteiger partial charge in [-0.2, -0.15) is 0 Å². The van der Waals surface area contributed by atoms with E-state index in [0.29, 0.717) is 11.9 Å². The van der Waals surface area contributed by atoms with Crippen LogP contribution in [0.15, 0.2) is 4.99 Å². The fourth-order valence-corrected chi connectivity index (χ4v) is 2.43. The van der Waals surface area contributed by atoms with Gasteiger partial charge < -0.3 is 16.0 Å². The van der Waals surface area contributed by atoms with E-state index in [0.717, 1.165) is 12.6 Å². The van der Waals surface area contributed by atoms with Crippen LogP contribution in [0.2, 0.25) is 0 Å². The molecule has 98 valence electrons. The summed E-state index contributed by atoms with van der Waals surface area (Å²) in [7, 11) is 0. The van der Waals surface area contributed by atoms with Crippen LogP contribution in [0.25, 0.3) is 0 Å². The average Bonchev–Trinajstić information content (AvgIpc) is 2.93. The lowest BCUT2D eigenvalue weighted by atomic mass is 10.1. The highest BCUT2D eigenvalue weighted by Gasteiger charge is 2.34. The molecule has 0 bridgehead atoms. The average molecular weight is 238 g/mol. The fraction of sp³-hybridized carbons (Fsp3) is 0.923. The molecule has 0 aromatic rings. The Kier molecular flexibility index (Phi) is 3.61. The largest absolute Gasteiger partial charge is 0.370 e. The van der Waals surface area contributed by atoms with Crippen LogP contribution in [-0.4, -0.2) is 42.1 Å². The zero-order valence-corrected chi connectivity index (χ0v) is 11.4. The monoisotopic (exact) mass is 238 g/mol. The highest BCUT2D eigenvalue weighted by Crippen LogP contribution is 2.31. The van der Waals surface area contributed by atoms with E-state index in [-0.39, 0.29) is 5.54 Å². The van der Waals surface area contributed by atoms with Gasteiger partial charge in [-0.05, 0) is 52.5 Å². The first kappa shape index (κ1) is 12.7. The summed E-state index contributed by atoms with van der Waals surface area (Å²) in [6.45, 7) is 9.64. The second-order valence-corrected chi connectivity index (χ2v) is 6.48. The predicted molar refractivity (Wildman–Crippen MR) is 72.1 cm³/mol. The SMILES string of the molecule is CC(C)(C)NC(N)=NCC1CCN(C2CC2)C1. The smallest absolute Gasteiger partial charge is 0.188 e. The Labute approximate surface area is 105 Å². The molecular formula is C13H26N4. The van der Waals surface area contributed by atoms with Gasteiger partial charge in [0.05, 0.1) is 0 Å². The second kappa shape index (κ2) is 4.84. The third-order valence-corrected chi connectivity index (χ3v) is 3.40. The van der Waals surface area contributed by atoms with Crippen LogP contribution in [0.5, 0.6) is 0 Å². The molecule has 1 heterocycles. The number of hydrogen-bond acceptors (Lipinski definition) is 2. The minimum Gasteiger partial charge on any atom is -0.370 e. The third kappa shape index (κ3) is 4.19. The number of likely N-dealkylation sites (tertiary alicyclic amines) is 1. The van der Waals surface area contributed by atoms with Gasteiger partial charge in [-0.25, -0.2) is 0 Å².